The second-order valence-electron chi connectivity index (χ2n) is 4.74. The van der Waals surface area contributed by atoms with Gasteiger partial charge in [0.2, 0.25) is 0 Å². The van der Waals surface area contributed by atoms with Crippen molar-refractivity contribution in [3.05, 3.63) is 41.0 Å². The van der Waals surface area contributed by atoms with Crippen LogP contribution in [0.1, 0.15) is 19.4 Å². The van der Waals surface area contributed by atoms with Crippen molar-refractivity contribution in [3.63, 3.8) is 0 Å². The molecule has 1 aromatic carbocycles. The number of aliphatic carboxylic acids is 1. The lowest BCUT2D eigenvalue weighted by Crippen LogP contribution is -2.27. The van der Waals surface area contributed by atoms with Crippen molar-refractivity contribution in [2.75, 3.05) is 0 Å². The fourth-order valence-electron chi connectivity index (χ4n) is 1.56. The Morgan fingerprint density at radius 1 is 1.42 bits per heavy atom. The summed E-state index contributed by atoms with van der Waals surface area (Å²) in [7, 11) is 0. The Kier molecular flexibility index (Phi) is 4.02. The number of para-hydroxylation sites is 1. The zero-order valence-corrected chi connectivity index (χ0v) is 12.3. The van der Waals surface area contributed by atoms with Crippen molar-refractivity contribution in [2.45, 2.75) is 24.3 Å². The molecule has 5 heteroatoms. The lowest BCUT2D eigenvalue weighted by atomic mass is 10.2. The van der Waals surface area contributed by atoms with Crippen molar-refractivity contribution in [3.8, 4) is 0 Å². The number of benzene rings is 1. The molecule has 0 fully saturated rings. The summed E-state index contributed by atoms with van der Waals surface area (Å²) in [6, 6.07) is 9.69. The SMILES string of the molecule is CC(C)(SCc1cc2ccccc2nc1Cl)C(=O)O. The zero-order valence-electron chi connectivity index (χ0n) is 10.7. The summed E-state index contributed by atoms with van der Waals surface area (Å²) in [5.74, 6) is -0.307. The summed E-state index contributed by atoms with van der Waals surface area (Å²) < 4.78 is -0.838. The first-order valence-corrected chi connectivity index (χ1v) is 7.18. The first kappa shape index (κ1) is 14.2. The van der Waals surface area contributed by atoms with Gasteiger partial charge in [-0.15, -0.1) is 11.8 Å². The number of carboxylic acids is 1. The molecule has 2 aromatic rings. The highest BCUT2D eigenvalue weighted by Gasteiger charge is 2.27. The first-order chi connectivity index (χ1) is 8.90. The molecule has 1 aromatic heterocycles. The number of pyridine rings is 1. The van der Waals surface area contributed by atoms with Crippen LogP contribution in [0.5, 0.6) is 0 Å². The summed E-state index contributed by atoms with van der Waals surface area (Å²) in [6.07, 6.45) is 0. The van der Waals surface area contributed by atoms with E-state index in [1.165, 1.54) is 11.8 Å². The molecule has 0 spiro atoms. The van der Waals surface area contributed by atoms with Crippen molar-refractivity contribution in [2.24, 2.45) is 0 Å². The maximum absolute atomic E-state index is 11.1. The van der Waals surface area contributed by atoms with Crippen molar-refractivity contribution in [1.82, 2.24) is 4.98 Å². The summed E-state index contributed by atoms with van der Waals surface area (Å²) in [6.45, 7) is 3.37. The Morgan fingerprint density at radius 3 is 2.79 bits per heavy atom. The molecule has 0 unspecified atom stereocenters. The van der Waals surface area contributed by atoms with Gasteiger partial charge in [0.25, 0.3) is 0 Å². The van der Waals surface area contributed by atoms with E-state index >= 15 is 0 Å². The molecule has 0 aliphatic heterocycles. The molecule has 19 heavy (non-hydrogen) atoms. The van der Waals surface area contributed by atoms with Crippen LogP contribution in [0.4, 0.5) is 0 Å². The maximum atomic E-state index is 11.1. The van der Waals surface area contributed by atoms with E-state index in [0.717, 1.165) is 16.5 Å². The molecule has 1 heterocycles. The fourth-order valence-corrected chi connectivity index (χ4v) is 2.71. The molecule has 0 aliphatic rings. The van der Waals surface area contributed by atoms with Gasteiger partial charge < -0.3 is 5.11 Å². The number of hydrogen-bond acceptors (Lipinski definition) is 3. The molecule has 100 valence electrons. The van der Waals surface area contributed by atoms with Gasteiger partial charge in [-0.2, -0.15) is 0 Å². The molecule has 0 atom stereocenters. The Labute approximate surface area is 121 Å². The van der Waals surface area contributed by atoms with Gasteiger partial charge in [0.15, 0.2) is 0 Å². The lowest BCUT2D eigenvalue weighted by Gasteiger charge is -2.18. The van der Waals surface area contributed by atoms with E-state index < -0.39 is 10.7 Å². The average molecular weight is 296 g/mol. The highest BCUT2D eigenvalue weighted by Crippen LogP contribution is 2.31. The second kappa shape index (κ2) is 5.39. The van der Waals surface area contributed by atoms with E-state index in [0.29, 0.717) is 10.9 Å². The maximum Gasteiger partial charge on any atom is 0.319 e. The van der Waals surface area contributed by atoms with Gasteiger partial charge in [-0.25, -0.2) is 4.98 Å². The van der Waals surface area contributed by atoms with Gasteiger partial charge in [-0.3, -0.25) is 4.79 Å². The minimum absolute atomic E-state index is 0.437. The molecular formula is C14H14ClNO2S. The van der Waals surface area contributed by atoms with Crippen LogP contribution in [0.15, 0.2) is 30.3 Å². The molecule has 0 saturated carbocycles. The minimum Gasteiger partial charge on any atom is -0.480 e. The highest BCUT2D eigenvalue weighted by atomic mass is 35.5. The van der Waals surface area contributed by atoms with Crippen LogP contribution in [-0.4, -0.2) is 20.8 Å². The van der Waals surface area contributed by atoms with E-state index in [2.05, 4.69) is 4.98 Å². The van der Waals surface area contributed by atoms with Crippen LogP contribution in [0.3, 0.4) is 0 Å². The summed E-state index contributed by atoms with van der Waals surface area (Å²) >= 11 is 7.48. The first-order valence-electron chi connectivity index (χ1n) is 5.81. The van der Waals surface area contributed by atoms with Crippen LogP contribution in [0.2, 0.25) is 5.15 Å². The third-order valence-electron chi connectivity index (χ3n) is 2.85. The lowest BCUT2D eigenvalue weighted by molar-refractivity contribution is -0.138. The number of rotatable bonds is 4. The van der Waals surface area contributed by atoms with Crippen LogP contribution >= 0.6 is 23.4 Å². The van der Waals surface area contributed by atoms with Gasteiger partial charge in [-0.05, 0) is 26.0 Å². The normalized spacial score (nSPS) is 11.7. The van der Waals surface area contributed by atoms with E-state index in [9.17, 15) is 4.79 Å². The fraction of sp³-hybridized carbons (Fsp3) is 0.286. The molecule has 0 saturated heterocycles. The summed E-state index contributed by atoms with van der Waals surface area (Å²) in [5, 5.41) is 10.5. The Hall–Kier alpha value is -1.26. The Bertz CT molecular complexity index is 628. The third-order valence-corrected chi connectivity index (χ3v) is 4.53. The molecule has 0 bridgehead atoms. The Balaban J connectivity index is 2.26. The number of fused-ring (bicyclic) bond motifs is 1. The molecule has 0 amide bonds. The Morgan fingerprint density at radius 2 is 2.11 bits per heavy atom. The van der Waals surface area contributed by atoms with Gasteiger partial charge >= 0.3 is 5.97 Å². The predicted molar refractivity (Wildman–Crippen MR) is 79.8 cm³/mol. The highest BCUT2D eigenvalue weighted by molar-refractivity contribution is 8.00. The van der Waals surface area contributed by atoms with Crippen molar-refractivity contribution >= 4 is 40.2 Å². The van der Waals surface area contributed by atoms with Crippen LogP contribution in [0, 0.1) is 0 Å². The largest absolute Gasteiger partial charge is 0.480 e. The second-order valence-corrected chi connectivity index (χ2v) is 6.69. The van der Waals surface area contributed by atoms with Gasteiger partial charge in [0.1, 0.15) is 9.90 Å². The van der Waals surface area contributed by atoms with Crippen LogP contribution < -0.4 is 0 Å². The topological polar surface area (TPSA) is 50.2 Å². The monoisotopic (exact) mass is 295 g/mol. The zero-order chi connectivity index (χ0) is 14.0. The van der Waals surface area contributed by atoms with Gasteiger partial charge in [-0.1, -0.05) is 29.8 Å². The summed E-state index contributed by atoms with van der Waals surface area (Å²) in [5.41, 5.74) is 1.71. The van der Waals surface area contributed by atoms with Crippen LogP contribution in [-0.2, 0) is 10.5 Å². The number of carboxylic acid groups (broad SMARTS) is 1. The number of nitrogens with zero attached hydrogens (tertiary/aromatic N) is 1. The molecule has 2 rings (SSSR count). The van der Waals surface area contributed by atoms with E-state index in [1.54, 1.807) is 13.8 Å². The molecule has 0 radical (unpaired) electrons. The quantitative estimate of drug-likeness (QED) is 0.867. The minimum atomic E-state index is -0.838. The smallest absolute Gasteiger partial charge is 0.319 e. The third kappa shape index (κ3) is 3.19. The number of aromatic nitrogens is 1. The van der Waals surface area contributed by atoms with Gasteiger partial charge in [0, 0.05) is 16.7 Å². The van der Waals surface area contributed by atoms with Crippen molar-refractivity contribution < 1.29 is 9.90 Å². The number of thioether (sulfide) groups is 1. The van der Waals surface area contributed by atoms with E-state index in [4.69, 9.17) is 16.7 Å². The molecule has 0 aliphatic carbocycles. The predicted octanol–water partition coefficient (Wildman–Crippen LogP) is 3.98. The van der Waals surface area contributed by atoms with Crippen LogP contribution in [0.25, 0.3) is 10.9 Å². The molecule has 3 nitrogen and oxygen atoms in total. The standard InChI is InChI=1S/C14H14ClNO2S/c1-14(2,13(17)18)19-8-10-7-9-5-3-4-6-11(9)16-12(10)15/h3-7H,8H2,1-2H3,(H,17,18). The van der Waals surface area contributed by atoms with E-state index in [-0.39, 0.29) is 0 Å². The van der Waals surface area contributed by atoms with E-state index in [1.807, 2.05) is 30.3 Å². The number of hydrogen-bond donors (Lipinski definition) is 1. The number of carbonyl (C=O) groups is 1. The molecular weight excluding hydrogens is 282 g/mol. The average Bonchev–Trinajstić information content (AvgIpc) is 2.36. The van der Waals surface area contributed by atoms with Gasteiger partial charge in [0.05, 0.1) is 5.52 Å². The van der Waals surface area contributed by atoms with Crippen molar-refractivity contribution in [1.29, 1.82) is 0 Å². The molecule has 1 N–H and O–H groups in total. The number of halogens is 1. The summed E-state index contributed by atoms with van der Waals surface area (Å²) in [4.78, 5) is 15.4.